The average Bonchev–Trinajstić information content (AvgIpc) is 3.05. The fraction of sp³-hybridized carbons (Fsp3) is 0.412. The number of rotatable bonds is 2. The lowest BCUT2D eigenvalue weighted by Crippen LogP contribution is -2.11. The lowest BCUT2D eigenvalue weighted by molar-refractivity contribution is 0.554. The molecule has 112 valence electrons. The summed E-state index contributed by atoms with van der Waals surface area (Å²) in [6, 6.07) is 4.22. The lowest BCUT2D eigenvalue weighted by atomic mass is 9.85. The zero-order valence-corrected chi connectivity index (χ0v) is 13.2. The zero-order chi connectivity index (χ0) is 15.2. The van der Waals surface area contributed by atoms with Crippen LogP contribution in [0.5, 0.6) is 0 Å². The Bertz CT molecular complexity index is 781. The standard InChI is InChI=1S/C17H21N3O.H2/c1-10(2)16-18-8-13(20-16)11-6-7-12(17(3,4)5)15-14(11)19-9-21-15;/h6-10H,1-5H3,(H,18,20);1H. The van der Waals surface area contributed by atoms with Gasteiger partial charge in [-0.1, -0.05) is 46.8 Å². The lowest BCUT2D eigenvalue weighted by Gasteiger charge is -2.19. The quantitative estimate of drug-likeness (QED) is 0.729. The van der Waals surface area contributed by atoms with Gasteiger partial charge in [0, 0.05) is 18.5 Å². The van der Waals surface area contributed by atoms with E-state index in [4.69, 9.17) is 4.42 Å². The van der Waals surface area contributed by atoms with E-state index in [1.54, 1.807) is 0 Å². The molecular weight excluding hydrogens is 262 g/mol. The first-order valence-electron chi connectivity index (χ1n) is 7.30. The highest BCUT2D eigenvalue weighted by molar-refractivity contribution is 5.91. The Labute approximate surface area is 126 Å². The summed E-state index contributed by atoms with van der Waals surface area (Å²) in [7, 11) is 0. The summed E-state index contributed by atoms with van der Waals surface area (Å²) in [6.45, 7) is 10.8. The van der Waals surface area contributed by atoms with Crippen LogP contribution in [0.25, 0.3) is 22.4 Å². The molecular formula is C17H23N3O. The van der Waals surface area contributed by atoms with Crippen molar-refractivity contribution < 1.29 is 5.84 Å². The Kier molecular flexibility index (Phi) is 3.12. The summed E-state index contributed by atoms with van der Waals surface area (Å²) in [5, 5.41) is 0. The summed E-state index contributed by atoms with van der Waals surface area (Å²) in [5.74, 6) is 1.36. The van der Waals surface area contributed by atoms with Gasteiger partial charge >= 0.3 is 0 Å². The van der Waals surface area contributed by atoms with E-state index in [1.165, 1.54) is 12.0 Å². The molecule has 0 unspecified atom stereocenters. The number of aromatic amines is 1. The molecule has 0 bridgehead atoms. The van der Waals surface area contributed by atoms with Crippen LogP contribution in [0.1, 0.15) is 53.4 Å². The Morgan fingerprint density at radius 3 is 2.57 bits per heavy atom. The number of nitrogens with zero attached hydrogens (tertiary/aromatic N) is 2. The molecule has 0 aliphatic rings. The molecule has 4 nitrogen and oxygen atoms in total. The molecule has 2 heterocycles. The maximum Gasteiger partial charge on any atom is 0.182 e. The Balaban J connectivity index is 0.00000176. The molecule has 0 aliphatic heterocycles. The molecule has 3 aromatic rings. The average molecular weight is 285 g/mol. The number of nitrogens with one attached hydrogen (secondary N) is 1. The van der Waals surface area contributed by atoms with E-state index < -0.39 is 0 Å². The highest BCUT2D eigenvalue weighted by Crippen LogP contribution is 2.35. The summed E-state index contributed by atoms with van der Waals surface area (Å²) in [6.07, 6.45) is 3.39. The van der Waals surface area contributed by atoms with Gasteiger partial charge in [-0.15, -0.1) is 0 Å². The molecule has 1 aromatic carbocycles. The number of benzene rings is 1. The third-order valence-electron chi connectivity index (χ3n) is 3.72. The number of H-pyrrole nitrogens is 1. The van der Waals surface area contributed by atoms with Crippen LogP contribution in [0, 0.1) is 0 Å². The summed E-state index contributed by atoms with van der Waals surface area (Å²) in [4.78, 5) is 12.2. The smallest absolute Gasteiger partial charge is 0.182 e. The fourth-order valence-electron chi connectivity index (χ4n) is 2.53. The summed E-state index contributed by atoms with van der Waals surface area (Å²) in [5.41, 5.74) is 4.96. The number of oxazole rings is 1. The van der Waals surface area contributed by atoms with E-state index in [1.807, 2.05) is 6.20 Å². The molecule has 0 aliphatic carbocycles. The Morgan fingerprint density at radius 1 is 1.19 bits per heavy atom. The molecule has 0 atom stereocenters. The first-order chi connectivity index (χ1) is 9.88. The second-order valence-electron chi connectivity index (χ2n) is 6.78. The van der Waals surface area contributed by atoms with Crippen LogP contribution in [0.2, 0.25) is 0 Å². The zero-order valence-electron chi connectivity index (χ0n) is 13.2. The van der Waals surface area contributed by atoms with Crippen molar-refractivity contribution in [1.29, 1.82) is 0 Å². The maximum absolute atomic E-state index is 5.65. The van der Waals surface area contributed by atoms with Gasteiger partial charge in [-0.25, -0.2) is 9.97 Å². The number of fused-ring (bicyclic) bond motifs is 1. The molecule has 4 heteroatoms. The van der Waals surface area contributed by atoms with Gasteiger partial charge in [0.2, 0.25) is 0 Å². The van der Waals surface area contributed by atoms with Crippen molar-refractivity contribution >= 4 is 11.1 Å². The van der Waals surface area contributed by atoms with Gasteiger partial charge in [0.1, 0.15) is 11.3 Å². The third-order valence-corrected chi connectivity index (χ3v) is 3.72. The van der Waals surface area contributed by atoms with Crippen molar-refractivity contribution in [1.82, 2.24) is 15.0 Å². The highest BCUT2D eigenvalue weighted by Gasteiger charge is 2.22. The van der Waals surface area contributed by atoms with Gasteiger partial charge in [-0.2, -0.15) is 0 Å². The number of hydrogen-bond acceptors (Lipinski definition) is 3. The molecule has 0 fully saturated rings. The second kappa shape index (κ2) is 4.72. The van der Waals surface area contributed by atoms with Crippen LogP contribution in [0.15, 0.2) is 29.1 Å². The summed E-state index contributed by atoms with van der Waals surface area (Å²) >= 11 is 0. The minimum Gasteiger partial charge on any atom is -0.443 e. The van der Waals surface area contributed by atoms with Gasteiger partial charge in [-0.05, 0) is 5.41 Å². The molecule has 0 saturated carbocycles. The SMILES string of the molecule is CC(C)c1ncc(-c2ccc(C(C)(C)C)c3ocnc23)[nH]1.[HH]. The van der Waals surface area contributed by atoms with E-state index in [2.05, 4.69) is 61.7 Å². The van der Waals surface area contributed by atoms with Gasteiger partial charge in [0.05, 0.1) is 11.9 Å². The first kappa shape index (κ1) is 13.9. The van der Waals surface area contributed by atoms with Crippen molar-refractivity contribution in [2.75, 3.05) is 0 Å². The van der Waals surface area contributed by atoms with E-state index in [9.17, 15) is 0 Å². The number of imidazole rings is 1. The molecule has 21 heavy (non-hydrogen) atoms. The molecule has 3 rings (SSSR count). The van der Waals surface area contributed by atoms with E-state index in [-0.39, 0.29) is 6.84 Å². The van der Waals surface area contributed by atoms with Crippen LogP contribution >= 0.6 is 0 Å². The van der Waals surface area contributed by atoms with Crippen molar-refractivity contribution in [3.8, 4) is 11.3 Å². The van der Waals surface area contributed by atoms with Crippen molar-refractivity contribution in [3.05, 3.63) is 36.1 Å². The predicted octanol–water partition coefficient (Wildman–Crippen LogP) is 4.88. The monoisotopic (exact) mass is 285 g/mol. The topological polar surface area (TPSA) is 54.7 Å². The van der Waals surface area contributed by atoms with Crippen LogP contribution in [-0.4, -0.2) is 15.0 Å². The number of hydrogen-bond donors (Lipinski definition) is 1. The van der Waals surface area contributed by atoms with E-state index >= 15 is 0 Å². The Hall–Kier alpha value is -2.10. The molecule has 0 saturated heterocycles. The number of aromatic nitrogens is 3. The highest BCUT2D eigenvalue weighted by atomic mass is 16.3. The van der Waals surface area contributed by atoms with Gasteiger partial charge < -0.3 is 9.40 Å². The van der Waals surface area contributed by atoms with Crippen LogP contribution in [0.4, 0.5) is 0 Å². The van der Waals surface area contributed by atoms with Gasteiger partial charge in [-0.3, -0.25) is 0 Å². The van der Waals surface area contributed by atoms with Crippen molar-refractivity contribution in [3.63, 3.8) is 0 Å². The van der Waals surface area contributed by atoms with E-state index in [0.29, 0.717) is 5.92 Å². The minimum atomic E-state index is 0. The molecule has 0 radical (unpaired) electrons. The van der Waals surface area contributed by atoms with Crippen LogP contribution < -0.4 is 0 Å². The predicted molar refractivity (Wildman–Crippen MR) is 86.5 cm³/mol. The van der Waals surface area contributed by atoms with Crippen LogP contribution in [-0.2, 0) is 5.41 Å². The molecule has 2 aromatic heterocycles. The maximum atomic E-state index is 5.65. The molecule has 0 spiro atoms. The molecule has 0 amide bonds. The van der Waals surface area contributed by atoms with E-state index in [0.717, 1.165) is 28.2 Å². The van der Waals surface area contributed by atoms with Crippen molar-refractivity contribution in [2.45, 2.75) is 46.0 Å². The molecule has 1 N–H and O–H groups in total. The van der Waals surface area contributed by atoms with Gasteiger partial charge in [0.15, 0.2) is 12.0 Å². The minimum absolute atomic E-state index is 0. The van der Waals surface area contributed by atoms with Crippen molar-refractivity contribution in [2.24, 2.45) is 0 Å². The normalized spacial score (nSPS) is 12.5. The largest absolute Gasteiger partial charge is 0.443 e. The van der Waals surface area contributed by atoms with Gasteiger partial charge in [0.25, 0.3) is 0 Å². The summed E-state index contributed by atoms with van der Waals surface area (Å²) < 4.78 is 5.65. The third kappa shape index (κ3) is 2.35. The Morgan fingerprint density at radius 2 is 1.95 bits per heavy atom. The first-order valence-corrected chi connectivity index (χ1v) is 7.30. The fourth-order valence-corrected chi connectivity index (χ4v) is 2.53. The van der Waals surface area contributed by atoms with Crippen LogP contribution in [0.3, 0.4) is 0 Å². The second-order valence-corrected chi connectivity index (χ2v) is 6.78.